The summed E-state index contributed by atoms with van der Waals surface area (Å²) in [5.74, 6) is -0.178. The van der Waals surface area contributed by atoms with Gasteiger partial charge in [0.25, 0.3) is 5.91 Å². The van der Waals surface area contributed by atoms with Gasteiger partial charge in [-0.1, -0.05) is 23.7 Å². The second-order valence-electron chi connectivity index (χ2n) is 5.10. The lowest BCUT2D eigenvalue weighted by Crippen LogP contribution is -2.37. The number of aromatic nitrogens is 1. The zero-order chi connectivity index (χ0) is 15.4. The molecule has 0 fully saturated rings. The Bertz CT molecular complexity index is 643. The van der Waals surface area contributed by atoms with Gasteiger partial charge in [-0.15, -0.1) is 0 Å². The zero-order valence-electron chi connectivity index (χ0n) is 12.1. The topological polar surface area (TPSA) is 59.2 Å². The van der Waals surface area contributed by atoms with Gasteiger partial charge in [0.05, 0.1) is 5.69 Å². The number of nitrogens with two attached hydrogens (primary N) is 1. The van der Waals surface area contributed by atoms with Crippen molar-refractivity contribution in [3.63, 3.8) is 0 Å². The maximum absolute atomic E-state index is 12.6. The fourth-order valence-electron chi connectivity index (χ4n) is 2.05. The molecule has 0 aliphatic heterocycles. The lowest BCUT2D eigenvalue weighted by Gasteiger charge is -2.27. The summed E-state index contributed by atoms with van der Waals surface area (Å²) in [6.45, 7) is 4.39. The molecule has 1 heterocycles. The van der Waals surface area contributed by atoms with Crippen molar-refractivity contribution < 1.29 is 4.79 Å². The van der Waals surface area contributed by atoms with Gasteiger partial charge in [-0.3, -0.25) is 4.79 Å². The summed E-state index contributed by atoms with van der Waals surface area (Å²) in [4.78, 5) is 18.5. The number of carbonyl (C=O) groups is 1. The molecule has 0 bridgehead atoms. The lowest BCUT2D eigenvalue weighted by atomic mass is 10.1. The van der Waals surface area contributed by atoms with Crippen molar-refractivity contribution in [3.8, 4) is 0 Å². The number of nitrogens with zero attached hydrogens (tertiary/aromatic N) is 2. The van der Waals surface area contributed by atoms with Gasteiger partial charge in [0.15, 0.2) is 5.69 Å². The van der Waals surface area contributed by atoms with Crippen LogP contribution in [0, 0.1) is 0 Å². The summed E-state index contributed by atoms with van der Waals surface area (Å²) < 4.78 is 0. The molecule has 21 heavy (non-hydrogen) atoms. The number of hydrogen-bond donors (Lipinski definition) is 1. The van der Waals surface area contributed by atoms with Crippen molar-refractivity contribution in [2.75, 3.05) is 5.73 Å². The van der Waals surface area contributed by atoms with E-state index in [9.17, 15) is 4.79 Å². The average molecular weight is 304 g/mol. The van der Waals surface area contributed by atoms with Gasteiger partial charge in [-0.2, -0.15) is 0 Å². The van der Waals surface area contributed by atoms with Crippen LogP contribution in [-0.4, -0.2) is 21.8 Å². The Balaban J connectivity index is 2.27. The van der Waals surface area contributed by atoms with E-state index in [1.165, 1.54) is 0 Å². The maximum atomic E-state index is 12.6. The molecule has 4 nitrogen and oxygen atoms in total. The fraction of sp³-hybridized carbons (Fsp3) is 0.250. The van der Waals surface area contributed by atoms with Gasteiger partial charge < -0.3 is 10.6 Å². The molecule has 0 atom stereocenters. The van der Waals surface area contributed by atoms with Crippen LogP contribution in [0.4, 0.5) is 5.69 Å². The third kappa shape index (κ3) is 3.73. The Labute approximate surface area is 129 Å². The van der Waals surface area contributed by atoms with E-state index in [1.807, 2.05) is 38.1 Å². The number of hydrogen-bond acceptors (Lipinski definition) is 3. The summed E-state index contributed by atoms with van der Waals surface area (Å²) in [5, 5.41) is 0.654. The van der Waals surface area contributed by atoms with Gasteiger partial charge in [0, 0.05) is 23.8 Å². The molecule has 2 rings (SSSR count). The van der Waals surface area contributed by atoms with Crippen LogP contribution in [0.5, 0.6) is 0 Å². The summed E-state index contributed by atoms with van der Waals surface area (Å²) in [6.07, 6.45) is 1.57. The van der Waals surface area contributed by atoms with Crippen LogP contribution in [0.1, 0.15) is 29.9 Å². The molecule has 0 spiro atoms. The number of anilines is 1. The maximum Gasteiger partial charge on any atom is 0.275 e. The van der Waals surface area contributed by atoms with E-state index in [2.05, 4.69) is 4.98 Å². The van der Waals surface area contributed by atoms with Crippen molar-refractivity contribution in [1.29, 1.82) is 0 Å². The zero-order valence-corrected chi connectivity index (χ0v) is 12.8. The van der Waals surface area contributed by atoms with Gasteiger partial charge in [0.1, 0.15) is 0 Å². The second-order valence-corrected chi connectivity index (χ2v) is 5.53. The first-order chi connectivity index (χ1) is 9.99. The Morgan fingerprint density at radius 1 is 1.33 bits per heavy atom. The van der Waals surface area contributed by atoms with Crippen molar-refractivity contribution in [2.24, 2.45) is 0 Å². The largest absolute Gasteiger partial charge is 0.397 e. The average Bonchev–Trinajstić information content (AvgIpc) is 2.44. The van der Waals surface area contributed by atoms with E-state index in [0.717, 1.165) is 5.56 Å². The van der Waals surface area contributed by atoms with Crippen molar-refractivity contribution in [1.82, 2.24) is 9.88 Å². The Hall–Kier alpha value is -2.07. The molecule has 110 valence electrons. The molecule has 2 N–H and O–H groups in total. The molecule has 0 radical (unpaired) electrons. The number of benzene rings is 1. The molecule has 0 unspecified atom stereocenters. The number of nitrogen functional groups attached to an aromatic ring is 1. The highest BCUT2D eigenvalue weighted by Gasteiger charge is 2.22. The van der Waals surface area contributed by atoms with Crippen molar-refractivity contribution in [2.45, 2.75) is 26.4 Å². The number of pyridine rings is 1. The monoisotopic (exact) mass is 303 g/mol. The highest BCUT2D eigenvalue weighted by molar-refractivity contribution is 6.30. The van der Waals surface area contributed by atoms with Gasteiger partial charge in [0.2, 0.25) is 0 Å². The molecule has 0 saturated heterocycles. The quantitative estimate of drug-likeness (QED) is 0.942. The molecule has 1 amide bonds. The molecule has 0 aliphatic carbocycles. The first-order valence-corrected chi connectivity index (χ1v) is 7.12. The summed E-state index contributed by atoms with van der Waals surface area (Å²) in [6, 6.07) is 10.9. The van der Waals surface area contributed by atoms with Crippen LogP contribution in [0.25, 0.3) is 0 Å². The predicted molar refractivity (Wildman–Crippen MR) is 85.1 cm³/mol. The van der Waals surface area contributed by atoms with Crippen LogP contribution >= 0.6 is 11.6 Å². The van der Waals surface area contributed by atoms with Gasteiger partial charge in [-0.05, 0) is 43.7 Å². The summed E-state index contributed by atoms with van der Waals surface area (Å²) in [7, 11) is 0. The van der Waals surface area contributed by atoms with E-state index in [-0.39, 0.29) is 17.6 Å². The molecule has 1 aromatic carbocycles. The Kier molecular flexibility index (Phi) is 4.81. The van der Waals surface area contributed by atoms with Crippen LogP contribution < -0.4 is 5.73 Å². The molecule has 5 heteroatoms. The number of carbonyl (C=O) groups excluding carboxylic acids is 1. The van der Waals surface area contributed by atoms with Crippen LogP contribution in [0.3, 0.4) is 0 Å². The minimum absolute atomic E-state index is 0.0258. The molecular weight excluding hydrogens is 286 g/mol. The van der Waals surface area contributed by atoms with E-state index in [0.29, 0.717) is 17.3 Å². The molecule has 0 aliphatic rings. The fourth-order valence-corrected chi connectivity index (χ4v) is 2.27. The van der Waals surface area contributed by atoms with Crippen LogP contribution in [0.2, 0.25) is 5.02 Å². The normalized spacial score (nSPS) is 10.7. The van der Waals surface area contributed by atoms with Gasteiger partial charge in [-0.25, -0.2) is 4.98 Å². The SMILES string of the molecule is CC(C)N(Cc1cccc(Cl)c1)C(=O)c1ncccc1N. The summed E-state index contributed by atoms with van der Waals surface area (Å²) in [5.41, 5.74) is 7.49. The molecule has 0 saturated carbocycles. The van der Waals surface area contributed by atoms with E-state index in [1.54, 1.807) is 23.2 Å². The van der Waals surface area contributed by atoms with E-state index >= 15 is 0 Å². The van der Waals surface area contributed by atoms with E-state index in [4.69, 9.17) is 17.3 Å². The third-order valence-corrected chi connectivity index (χ3v) is 3.40. The lowest BCUT2D eigenvalue weighted by molar-refractivity contribution is 0.0685. The standard InChI is InChI=1S/C16H18ClN3O/c1-11(2)20(10-12-5-3-6-13(17)9-12)16(21)15-14(18)7-4-8-19-15/h3-9,11H,10,18H2,1-2H3. The number of amides is 1. The molecular formula is C16H18ClN3O. The second kappa shape index (κ2) is 6.59. The number of halogens is 1. The smallest absolute Gasteiger partial charge is 0.275 e. The Morgan fingerprint density at radius 2 is 2.10 bits per heavy atom. The summed E-state index contributed by atoms with van der Waals surface area (Å²) >= 11 is 5.99. The first kappa shape index (κ1) is 15.3. The minimum atomic E-state index is -0.178. The molecule has 2 aromatic rings. The van der Waals surface area contributed by atoms with Crippen LogP contribution in [-0.2, 0) is 6.54 Å². The highest BCUT2D eigenvalue weighted by Crippen LogP contribution is 2.18. The molecule has 1 aromatic heterocycles. The minimum Gasteiger partial charge on any atom is -0.397 e. The Morgan fingerprint density at radius 3 is 2.71 bits per heavy atom. The van der Waals surface area contributed by atoms with E-state index < -0.39 is 0 Å². The van der Waals surface area contributed by atoms with Gasteiger partial charge >= 0.3 is 0 Å². The van der Waals surface area contributed by atoms with Crippen molar-refractivity contribution in [3.05, 3.63) is 58.9 Å². The van der Waals surface area contributed by atoms with Crippen molar-refractivity contribution >= 4 is 23.2 Å². The third-order valence-electron chi connectivity index (χ3n) is 3.17. The predicted octanol–water partition coefficient (Wildman–Crippen LogP) is 3.37. The highest BCUT2D eigenvalue weighted by atomic mass is 35.5. The number of rotatable bonds is 4. The first-order valence-electron chi connectivity index (χ1n) is 6.75. The van der Waals surface area contributed by atoms with Crippen LogP contribution in [0.15, 0.2) is 42.6 Å².